The summed E-state index contributed by atoms with van der Waals surface area (Å²) in [6.07, 6.45) is 6.76. The summed E-state index contributed by atoms with van der Waals surface area (Å²) in [6, 6.07) is 17.2. The normalized spacial score (nSPS) is 11.8. The van der Waals surface area contributed by atoms with Crippen LogP contribution in [0.25, 0.3) is 5.69 Å². The molecule has 0 aliphatic heterocycles. The summed E-state index contributed by atoms with van der Waals surface area (Å²) >= 11 is 0. The van der Waals surface area contributed by atoms with Gasteiger partial charge in [-0.3, -0.25) is 14.3 Å². The fourth-order valence-corrected chi connectivity index (χ4v) is 3.29. The van der Waals surface area contributed by atoms with Crippen LogP contribution in [-0.4, -0.2) is 25.7 Å². The Balaban J connectivity index is 1.64. The van der Waals surface area contributed by atoms with Crippen molar-refractivity contribution in [3.8, 4) is 5.69 Å². The van der Waals surface area contributed by atoms with E-state index in [-0.39, 0.29) is 11.9 Å². The number of rotatable bonds is 5. The number of pyridine rings is 1. The molecule has 0 saturated carbocycles. The van der Waals surface area contributed by atoms with Crippen molar-refractivity contribution in [1.82, 2.24) is 25.1 Å². The molecular weight excluding hydrogens is 362 g/mol. The van der Waals surface area contributed by atoms with Crippen LogP contribution >= 0.6 is 0 Å². The molecule has 0 bridgehead atoms. The van der Waals surface area contributed by atoms with Gasteiger partial charge in [-0.15, -0.1) is 10.2 Å². The Morgan fingerprint density at radius 3 is 2.45 bits per heavy atom. The summed E-state index contributed by atoms with van der Waals surface area (Å²) < 4.78 is 1.79. The minimum atomic E-state index is -0.284. The van der Waals surface area contributed by atoms with E-state index in [1.807, 2.05) is 24.3 Å². The Morgan fingerprint density at radius 1 is 1.00 bits per heavy atom. The van der Waals surface area contributed by atoms with E-state index in [0.717, 1.165) is 27.9 Å². The molecule has 0 unspecified atom stereocenters. The van der Waals surface area contributed by atoms with Crippen LogP contribution in [0.4, 0.5) is 0 Å². The second kappa shape index (κ2) is 8.06. The fourth-order valence-electron chi connectivity index (χ4n) is 3.29. The minimum Gasteiger partial charge on any atom is -0.341 e. The lowest BCUT2D eigenvalue weighted by atomic mass is 9.94. The SMILES string of the molecule is Cc1ccc(C)c([C@@H](NC(=O)c2ccc(-n3cnnc3)cc2)c2cccnc2)c1. The number of nitrogens with zero attached hydrogens (tertiary/aromatic N) is 4. The molecule has 0 aliphatic carbocycles. The Kier molecular flexibility index (Phi) is 5.16. The predicted octanol–water partition coefficient (Wildman–Crippen LogP) is 3.80. The van der Waals surface area contributed by atoms with Crippen molar-refractivity contribution in [2.24, 2.45) is 0 Å². The lowest BCUT2D eigenvalue weighted by Crippen LogP contribution is -2.30. The topological polar surface area (TPSA) is 72.7 Å². The average Bonchev–Trinajstić information content (AvgIpc) is 3.29. The Morgan fingerprint density at radius 2 is 1.76 bits per heavy atom. The van der Waals surface area contributed by atoms with Crippen molar-refractivity contribution in [3.05, 3.63) is 107 Å². The summed E-state index contributed by atoms with van der Waals surface area (Å²) in [5, 5.41) is 10.8. The molecule has 144 valence electrons. The molecule has 1 amide bonds. The quantitative estimate of drug-likeness (QED) is 0.569. The Labute approximate surface area is 169 Å². The first-order chi connectivity index (χ1) is 14.1. The van der Waals surface area contributed by atoms with E-state index in [0.29, 0.717) is 5.56 Å². The molecule has 0 fully saturated rings. The fraction of sp³-hybridized carbons (Fsp3) is 0.130. The second-order valence-electron chi connectivity index (χ2n) is 6.97. The lowest BCUT2D eigenvalue weighted by molar-refractivity contribution is 0.0943. The van der Waals surface area contributed by atoms with Gasteiger partial charge in [-0.1, -0.05) is 29.8 Å². The second-order valence-corrected chi connectivity index (χ2v) is 6.97. The average molecular weight is 383 g/mol. The zero-order chi connectivity index (χ0) is 20.2. The van der Waals surface area contributed by atoms with E-state index in [2.05, 4.69) is 52.5 Å². The summed E-state index contributed by atoms with van der Waals surface area (Å²) in [5.74, 6) is -0.143. The molecule has 0 spiro atoms. The molecule has 1 N–H and O–H groups in total. The Hall–Kier alpha value is -3.80. The smallest absolute Gasteiger partial charge is 0.252 e. The highest BCUT2D eigenvalue weighted by molar-refractivity contribution is 5.94. The molecule has 6 nitrogen and oxygen atoms in total. The molecule has 1 atom stereocenters. The monoisotopic (exact) mass is 383 g/mol. The number of nitrogens with one attached hydrogen (secondary N) is 1. The number of carbonyl (C=O) groups is 1. The molecule has 2 aromatic carbocycles. The number of hydrogen-bond acceptors (Lipinski definition) is 4. The molecule has 0 aliphatic rings. The van der Waals surface area contributed by atoms with Crippen molar-refractivity contribution >= 4 is 5.91 Å². The largest absolute Gasteiger partial charge is 0.341 e. The maximum atomic E-state index is 13.0. The molecule has 4 rings (SSSR count). The number of aromatic nitrogens is 4. The third-order valence-electron chi connectivity index (χ3n) is 4.89. The first kappa shape index (κ1) is 18.6. The zero-order valence-electron chi connectivity index (χ0n) is 16.3. The van der Waals surface area contributed by atoms with Gasteiger partial charge in [0, 0.05) is 23.6 Å². The van der Waals surface area contributed by atoms with Crippen LogP contribution in [0.2, 0.25) is 0 Å². The van der Waals surface area contributed by atoms with E-state index in [1.165, 1.54) is 0 Å². The third kappa shape index (κ3) is 4.06. The van der Waals surface area contributed by atoms with Gasteiger partial charge in [-0.25, -0.2) is 0 Å². The molecule has 0 radical (unpaired) electrons. The van der Waals surface area contributed by atoms with Crippen LogP contribution in [0, 0.1) is 13.8 Å². The van der Waals surface area contributed by atoms with Crippen LogP contribution in [0.5, 0.6) is 0 Å². The van der Waals surface area contributed by atoms with Crippen molar-refractivity contribution in [1.29, 1.82) is 0 Å². The minimum absolute atomic E-state index is 0.143. The molecule has 2 aromatic heterocycles. The van der Waals surface area contributed by atoms with E-state index < -0.39 is 0 Å². The highest BCUT2D eigenvalue weighted by Crippen LogP contribution is 2.26. The summed E-state index contributed by atoms with van der Waals surface area (Å²) in [4.78, 5) is 17.3. The number of aryl methyl sites for hydroxylation is 2. The number of benzene rings is 2. The molecular formula is C23H21N5O. The Bertz CT molecular complexity index is 1110. The van der Waals surface area contributed by atoms with E-state index in [9.17, 15) is 4.79 Å². The first-order valence-electron chi connectivity index (χ1n) is 9.35. The van der Waals surface area contributed by atoms with Gasteiger partial charge in [0.05, 0.1) is 6.04 Å². The molecule has 29 heavy (non-hydrogen) atoms. The van der Waals surface area contributed by atoms with Gasteiger partial charge in [-0.2, -0.15) is 0 Å². The van der Waals surface area contributed by atoms with Gasteiger partial charge in [0.15, 0.2) is 0 Å². The van der Waals surface area contributed by atoms with Crippen molar-refractivity contribution in [2.45, 2.75) is 19.9 Å². The van der Waals surface area contributed by atoms with E-state index in [4.69, 9.17) is 0 Å². The highest BCUT2D eigenvalue weighted by atomic mass is 16.1. The molecule has 6 heteroatoms. The molecule has 2 heterocycles. The van der Waals surface area contributed by atoms with E-state index in [1.54, 1.807) is 41.7 Å². The highest BCUT2D eigenvalue weighted by Gasteiger charge is 2.20. The summed E-state index contributed by atoms with van der Waals surface area (Å²) in [7, 11) is 0. The van der Waals surface area contributed by atoms with Gasteiger partial charge in [-0.05, 0) is 60.9 Å². The standard InChI is InChI=1S/C23H21N5O/c1-16-5-6-17(2)21(12-16)22(19-4-3-11-24-13-19)27-23(29)18-7-9-20(10-8-18)28-14-25-26-15-28/h3-15,22H,1-2H3,(H,27,29)/t22-/m0/s1. The summed E-state index contributed by atoms with van der Waals surface area (Å²) in [6.45, 7) is 4.10. The van der Waals surface area contributed by atoms with Gasteiger partial charge in [0.1, 0.15) is 12.7 Å². The van der Waals surface area contributed by atoms with Gasteiger partial charge in [0.25, 0.3) is 5.91 Å². The maximum Gasteiger partial charge on any atom is 0.252 e. The van der Waals surface area contributed by atoms with Crippen LogP contribution in [-0.2, 0) is 0 Å². The summed E-state index contributed by atoms with van der Waals surface area (Å²) in [5.41, 5.74) is 5.74. The predicted molar refractivity (Wildman–Crippen MR) is 111 cm³/mol. The number of carbonyl (C=O) groups excluding carboxylic acids is 1. The molecule has 4 aromatic rings. The van der Waals surface area contributed by atoms with Crippen LogP contribution in [0.15, 0.2) is 79.6 Å². The van der Waals surface area contributed by atoms with Crippen molar-refractivity contribution in [2.75, 3.05) is 0 Å². The number of hydrogen-bond donors (Lipinski definition) is 1. The van der Waals surface area contributed by atoms with Crippen LogP contribution < -0.4 is 5.32 Å². The van der Waals surface area contributed by atoms with Gasteiger partial charge in [0.2, 0.25) is 0 Å². The van der Waals surface area contributed by atoms with Crippen molar-refractivity contribution < 1.29 is 4.79 Å². The van der Waals surface area contributed by atoms with Crippen LogP contribution in [0.1, 0.15) is 38.7 Å². The molecule has 0 saturated heterocycles. The van der Waals surface area contributed by atoms with Crippen molar-refractivity contribution in [3.63, 3.8) is 0 Å². The lowest BCUT2D eigenvalue weighted by Gasteiger charge is -2.22. The van der Waals surface area contributed by atoms with Gasteiger partial charge >= 0.3 is 0 Å². The first-order valence-corrected chi connectivity index (χ1v) is 9.35. The zero-order valence-corrected chi connectivity index (χ0v) is 16.3. The van der Waals surface area contributed by atoms with Crippen LogP contribution in [0.3, 0.4) is 0 Å². The maximum absolute atomic E-state index is 13.0. The van der Waals surface area contributed by atoms with E-state index >= 15 is 0 Å². The number of amides is 1. The van der Waals surface area contributed by atoms with Gasteiger partial charge < -0.3 is 5.32 Å². The third-order valence-corrected chi connectivity index (χ3v) is 4.89.